The Morgan fingerprint density at radius 1 is 1.15 bits per heavy atom. The lowest BCUT2D eigenvalue weighted by molar-refractivity contribution is -0.129. The largest absolute Gasteiger partial charge is 0.392 e. The first-order chi connectivity index (χ1) is 12.7. The van der Waals surface area contributed by atoms with Crippen LogP contribution in [0.2, 0.25) is 0 Å². The molecule has 0 saturated carbocycles. The SMILES string of the molecule is O=C(Cc1c[nH]c2ccccc12)N1CC[C@@H](Cc2cccc(CO)c2)C1. The van der Waals surface area contributed by atoms with Gasteiger partial charge in [0.05, 0.1) is 13.0 Å². The second-order valence-electron chi connectivity index (χ2n) is 7.21. The highest BCUT2D eigenvalue weighted by molar-refractivity contribution is 5.88. The minimum atomic E-state index is 0.0771. The average Bonchev–Trinajstić information content (AvgIpc) is 3.29. The van der Waals surface area contributed by atoms with Crippen LogP contribution >= 0.6 is 0 Å². The van der Waals surface area contributed by atoms with Crippen molar-refractivity contribution in [2.75, 3.05) is 13.1 Å². The van der Waals surface area contributed by atoms with Crippen molar-refractivity contribution in [2.24, 2.45) is 5.92 Å². The van der Waals surface area contributed by atoms with Gasteiger partial charge in [-0.3, -0.25) is 4.79 Å². The number of para-hydroxylation sites is 1. The standard InChI is InChI=1S/C22H24N2O2/c25-15-18-5-3-4-16(11-18)10-17-8-9-24(14-17)22(26)12-19-13-23-21-7-2-1-6-20(19)21/h1-7,11,13,17,23,25H,8-10,12,14-15H2/t17-/m0/s1. The molecule has 4 rings (SSSR count). The smallest absolute Gasteiger partial charge is 0.227 e. The molecule has 26 heavy (non-hydrogen) atoms. The summed E-state index contributed by atoms with van der Waals surface area (Å²) in [6.45, 7) is 1.74. The van der Waals surface area contributed by atoms with Gasteiger partial charge in [-0.25, -0.2) is 0 Å². The van der Waals surface area contributed by atoms with Gasteiger partial charge in [0.25, 0.3) is 0 Å². The van der Waals surface area contributed by atoms with E-state index in [1.54, 1.807) is 0 Å². The molecule has 0 bridgehead atoms. The van der Waals surface area contributed by atoms with E-state index in [0.717, 1.165) is 48.0 Å². The first-order valence-corrected chi connectivity index (χ1v) is 9.24. The van der Waals surface area contributed by atoms with E-state index in [-0.39, 0.29) is 12.5 Å². The van der Waals surface area contributed by atoms with Crippen LogP contribution in [-0.2, 0) is 24.2 Å². The predicted octanol–water partition coefficient (Wildman–Crippen LogP) is 3.29. The number of H-pyrrole nitrogens is 1. The number of hydrogen-bond donors (Lipinski definition) is 2. The van der Waals surface area contributed by atoms with Gasteiger partial charge >= 0.3 is 0 Å². The Labute approximate surface area is 153 Å². The Kier molecular flexibility index (Phi) is 4.76. The number of nitrogens with zero attached hydrogens (tertiary/aromatic N) is 1. The third kappa shape index (κ3) is 3.51. The maximum Gasteiger partial charge on any atom is 0.227 e. The Morgan fingerprint density at radius 2 is 2.00 bits per heavy atom. The zero-order chi connectivity index (χ0) is 17.9. The van der Waals surface area contributed by atoms with E-state index in [0.29, 0.717) is 12.3 Å². The molecule has 0 aliphatic carbocycles. The van der Waals surface area contributed by atoms with Crippen LogP contribution in [0.1, 0.15) is 23.1 Å². The first kappa shape index (κ1) is 16.9. The molecule has 1 atom stereocenters. The number of likely N-dealkylation sites (tertiary alicyclic amines) is 1. The number of aliphatic hydroxyl groups is 1. The second kappa shape index (κ2) is 7.34. The minimum Gasteiger partial charge on any atom is -0.392 e. The van der Waals surface area contributed by atoms with Crippen LogP contribution in [0.5, 0.6) is 0 Å². The molecular weight excluding hydrogens is 324 g/mol. The quantitative estimate of drug-likeness (QED) is 0.743. The molecule has 2 N–H and O–H groups in total. The van der Waals surface area contributed by atoms with Gasteiger partial charge in [-0.1, -0.05) is 42.5 Å². The molecule has 1 aliphatic heterocycles. The van der Waals surface area contributed by atoms with Crippen molar-refractivity contribution in [1.29, 1.82) is 0 Å². The monoisotopic (exact) mass is 348 g/mol. The summed E-state index contributed by atoms with van der Waals surface area (Å²) in [7, 11) is 0. The van der Waals surface area contributed by atoms with Crippen molar-refractivity contribution in [1.82, 2.24) is 9.88 Å². The van der Waals surface area contributed by atoms with Crippen LogP contribution in [0.15, 0.2) is 54.7 Å². The van der Waals surface area contributed by atoms with E-state index >= 15 is 0 Å². The lowest BCUT2D eigenvalue weighted by atomic mass is 9.97. The summed E-state index contributed by atoms with van der Waals surface area (Å²) in [5.74, 6) is 0.706. The van der Waals surface area contributed by atoms with Crippen molar-refractivity contribution >= 4 is 16.8 Å². The number of amides is 1. The fraction of sp³-hybridized carbons (Fsp3) is 0.318. The second-order valence-corrected chi connectivity index (χ2v) is 7.21. The number of aromatic nitrogens is 1. The van der Waals surface area contributed by atoms with Crippen molar-refractivity contribution < 1.29 is 9.90 Å². The molecule has 0 spiro atoms. The Hall–Kier alpha value is -2.59. The first-order valence-electron chi connectivity index (χ1n) is 9.24. The average molecular weight is 348 g/mol. The summed E-state index contributed by atoms with van der Waals surface area (Å²) in [5, 5.41) is 10.4. The number of aliphatic hydroxyl groups excluding tert-OH is 1. The van der Waals surface area contributed by atoms with Crippen molar-refractivity contribution in [3.63, 3.8) is 0 Å². The molecule has 0 unspecified atom stereocenters. The van der Waals surface area contributed by atoms with Gasteiger partial charge in [0.15, 0.2) is 0 Å². The number of benzene rings is 2. The minimum absolute atomic E-state index is 0.0771. The molecule has 1 saturated heterocycles. The molecule has 1 aliphatic rings. The molecule has 2 aromatic carbocycles. The fourth-order valence-corrected chi connectivity index (χ4v) is 3.97. The summed E-state index contributed by atoms with van der Waals surface area (Å²) in [6.07, 6.45) is 4.42. The van der Waals surface area contributed by atoms with Crippen LogP contribution in [0.25, 0.3) is 10.9 Å². The van der Waals surface area contributed by atoms with E-state index in [2.05, 4.69) is 23.2 Å². The van der Waals surface area contributed by atoms with Crippen LogP contribution < -0.4 is 0 Å². The Balaban J connectivity index is 1.38. The highest BCUT2D eigenvalue weighted by atomic mass is 16.3. The van der Waals surface area contributed by atoms with Crippen LogP contribution in [0.4, 0.5) is 0 Å². The van der Waals surface area contributed by atoms with Gasteiger partial charge in [-0.2, -0.15) is 0 Å². The number of aromatic amines is 1. The summed E-state index contributed by atoms with van der Waals surface area (Å²) in [4.78, 5) is 18.0. The van der Waals surface area contributed by atoms with Crippen molar-refractivity contribution in [2.45, 2.75) is 25.9 Å². The number of fused-ring (bicyclic) bond motifs is 1. The molecule has 1 amide bonds. The third-order valence-corrected chi connectivity index (χ3v) is 5.35. The van der Waals surface area contributed by atoms with Gasteiger partial charge in [0.1, 0.15) is 0 Å². The maximum atomic E-state index is 12.7. The molecule has 4 nitrogen and oxygen atoms in total. The van der Waals surface area contributed by atoms with Gasteiger partial charge in [0, 0.05) is 30.2 Å². The highest BCUT2D eigenvalue weighted by Crippen LogP contribution is 2.24. The summed E-state index contributed by atoms with van der Waals surface area (Å²) in [6, 6.07) is 16.2. The van der Waals surface area contributed by atoms with E-state index in [9.17, 15) is 9.90 Å². The summed E-state index contributed by atoms with van der Waals surface area (Å²) in [5.41, 5.74) is 4.35. The zero-order valence-corrected chi connectivity index (χ0v) is 14.8. The van der Waals surface area contributed by atoms with E-state index in [1.165, 1.54) is 5.56 Å². The number of carbonyl (C=O) groups excluding carboxylic acids is 1. The van der Waals surface area contributed by atoms with Gasteiger partial charge < -0.3 is 15.0 Å². The van der Waals surface area contributed by atoms with E-state index < -0.39 is 0 Å². The van der Waals surface area contributed by atoms with E-state index in [4.69, 9.17) is 0 Å². The van der Waals surface area contributed by atoms with Crippen LogP contribution in [0, 0.1) is 5.92 Å². The third-order valence-electron chi connectivity index (χ3n) is 5.35. The number of nitrogens with one attached hydrogen (secondary N) is 1. The Morgan fingerprint density at radius 3 is 2.88 bits per heavy atom. The molecule has 4 heteroatoms. The number of carbonyl (C=O) groups is 1. The van der Waals surface area contributed by atoms with Crippen LogP contribution in [-0.4, -0.2) is 34.0 Å². The van der Waals surface area contributed by atoms with Gasteiger partial charge in [0.2, 0.25) is 5.91 Å². The van der Waals surface area contributed by atoms with Gasteiger partial charge in [-0.15, -0.1) is 0 Å². The Bertz CT molecular complexity index is 915. The molecule has 134 valence electrons. The molecule has 1 fully saturated rings. The van der Waals surface area contributed by atoms with Crippen molar-refractivity contribution in [3.05, 3.63) is 71.4 Å². The van der Waals surface area contributed by atoms with Gasteiger partial charge in [-0.05, 0) is 41.5 Å². The zero-order valence-electron chi connectivity index (χ0n) is 14.8. The molecule has 0 radical (unpaired) electrons. The highest BCUT2D eigenvalue weighted by Gasteiger charge is 2.26. The number of hydrogen-bond acceptors (Lipinski definition) is 2. The van der Waals surface area contributed by atoms with Crippen molar-refractivity contribution in [3.8, 4) is 0 Å². The van der Waals surface area contributed by atoms with E-state index in [1.807, 2.05) is 41.4 Å². The topological polar surface area (TPSA) is 56.3 Å². The van der Waals surface area contributed by atoms with Crippen LogP contribution in [0.3, 0.4) is 0 Å². The molecular formula is C22H24N2O2. The maximum absolute atomic E-state index is 12.7. The summed E-state index contributed by atoms with van der Waals surface area (Å²) < 4.78 is 0. The molecule has 2 heterocycles. The lowest BCUT2D eigenvalue weighted by Gasteiger charge is -2.16. The number of rotatable bonds is 5. The fourth-order valence-electron chi connectivity index (χ4n) is 3.97. The normalized spacial score (nSPS) is 17.1. The lowest BCUT2D eigenvalue weighted by Crippen LogP contribution is -2.30. The predicted molar refractivity (Wildman–Crippen MR) is 103 cm³/mol. The summed E-state index contributed by atoms with van der Waals surface area (Å²) >= 11 is 0. The molecule has 1 aromatic heterocycles. The molecule has 3 aromatic rings.